The smallest absolute Gasteiger partial charge is 0.273 e. The summed E-state index contributed by atoms with van der Waals surface area (Å²) < 4.78 is 1.75. The molecule has 180 valence electrons. The van der Waals surface area contributed by atoms with Crippen LogP contribution in [0, 0.1) is 10.8 Å². The summed E-state index contributed by atoms with van der Waals surface area (Å²) in [4.78, 5) is 31.9. The summed E-state index contributed by atoms with van der Waals surface area (Å²) in [6, 6.07) is 5.73. The maximum Gasteiger partial charge on any atom is 0.273 e. The Balaban J connectivity index is 1.22. The molecule has 2 amide bonds. The summed E-state index contributed by atoms with van der Waals surface area (Å²) in [6.07, 6.45) is 8.48. The number of nitrogens with one attached hydrogen (secondary N) is 2. The number of nitrogens with zero attached hydrogens (tertiary/aromatic N) is 6. The van der Waals surface area contributed by atoms with Gasteiger partial charge >= 0.3 is 0 Å². The zero-order chi connectivity index (χ0) is 24.0. The van der Waals surface area contributed by atoms with Crippen LogP contribution >= 0.6 is 0 Å². The Morgan fingerprint density at radius 1 is 1.11 bits per heavy atom. The van der Waals surface area contributed by atoms with E-state index < -0.39 is 17.2 Å². The van der Waals surface area contributed by atoms with E-state index in [9.17, 15) is 9.59 Å². The lowest BCUT2D eigenvalue weighted by atomic mass is 9.96. The molecule has 4 aliphatic rings. The molecule has 1 atom stereocenters. The van der Waals surface area contributed by atoms with Crippen LogP contribution in [0.25, 0.3) is 5.65 Å². The van der Waals surface area contributed by atoms with Crippen molar-refractivity contribution in [3.05, 3.63) is 35.8 Å². The van der Waals surface area contributed by atoms with Gasteiger partial charge in [-0.2, -0.15) is 10.1 Å². The Morgan fingerprint density at radius 3 is 2.60 bits per heavy atom. The molecule has 0 bridgehead atoms. The molecule has 2 spiro atoms. The van der Waals surface area contributed by atoms with E-state index in [-0.39, 0.29) is 11.1 Å². The summed E-state index contributed by atoms with van der Waals surface area (Å²) in [5.74, 6) is -0.460. The summed E-state index contributed by atoms with van der Waals surface area (Å²) in [5, 5.41) is 18.7. The molecule has 3 aromatic heterocycles. The van der Waals surface area contributed by atoms with Gasteiger partial charge in [-0.1, -0.05) is 0 Å². The van der Waals surface area contributed by atoms with Gasteiger partial charge in [0.15, 0.2) is 11.3 Å². The van der Waals surface area contributed by atoms with E-state index in [1.54, 1.807) is 10.6 Å². The maximum atomic E-state index is 12.5. The second-order valence-corrected chi connectivity index (χ2v) is 10.7. The van der Waals surface area contributed by atoms with Crippen LogP contribution in [-0.4, -0.2) is 56.7 Å². The van der Waals surface area contributed by atoms with E-state index in [2.05, 4.69) is 41.9 Å². The summed E-state index contributed by atoms with van der Waals surface area (Å²) in [5.41, 5.74) is 8.25. The number of primary amides is 1. The van der Waals surface area contributed by atoms with Crippen LogP contribution in [0.3, 0.4) is 0 Å². The monoisotopic (exact) mass is 473 g/mol. The Bertz CT molecular complexity index is 1410. The molecule has 0 aromatic carbocycles. The van der Waals surface area contributed by atoms with Crippen molar-refractivity contribution in [1.29, 1.82) is 0 Å². The number of carbonyl (C=O) groups excluding carboxylic acids is 2. The van der Waals surface area contributed by atoms with Crippen LogP contribution in [0.2, 0.25) is 0 Å². The van der Waals surface area contributed by atoms with Crippen molar-refractivity contribution in [3.63, 3.8) is 0 Å². The Morgan fingerprint density at radius 2 is 1.94 bits per heavy atom. The lowest BCUT2D eigenvalue weighted by molar-refractivity contribution is -0.121. The van der Waals surface area contributed by atoms with E-state index >= 15 is 0 Å². The van der Waals surface area contributed by atoms with Crippen molar-refractivity contribution in [2.75, 3.05) is 30.4 Å². The third kappa shape index (κ3) is 2.96. The highest BCUT2D eigenvalue weighted by molar-refractivity contribution is 5.98. The van der Waals surface area contributed by atoms with E-state index in [0.717, 1.165) is 31.6 Å². The van der Waals surface area contributed by atoms with Crippen LogP contribution in [-0.2, 0) is 10.2 Å². The second-order valence-electron chi connectivity index (χ2n) is 10.7. The van der Waals surface area contributed by atoms with Crippen molar-refractivity contribution in [1.82, 2.24) is 30.1 Å². The highest BCUT2D eigenvalue weighted by Gasteiger charge is 2.78. The first-order valence-electron chi connectivity index (χ1n) is 12.2. The molecule has 3 aromatic rings. The molecular weight excluding hydrogens is 446 g/mol. The predicted molar refractivity (Wildman–Crippen MR) is 127 cm³/mol. The molecule has 4 N–H and O–H groups in total. The first kappa shape index (κ1) is 20.6. The molecule has 0 radical (unpaired) electrons. The largest absolute Gasteiger partial charge is 0.370 e. The molecule has 3 saturated carbocycles. The number of aromatic nitrogens is 5. The van der Waals surface area contributed by atoms with Crippen molar-refractivity contribution < 1.29 is 9.59 Å². The quantitative estimate of drug-likeness (QED) is 0.489. The zero-order valence-electron chi connectivity index (χ0n) is 19.5. The first-order valence-corrected chi connectivity index (χ1v) is 12.2. The minimum Gasteiger partial charge on any atom is -0.370 e. The number of hydrogen-bond donors (Lipinski definition) is 3. The van der Waals surface area contributed by atoms with Gasteiger partial charge < -0.3 is 21.3 Å². The normalized spacial score (nSPS) is 24.7. The fourth-order valence-electron chi connectivity index (χ4n) is 6.01. The van der Waals surface area contributed by atoms with Gasteiger partial charge in [0.1, 0.15) is 0 Å². The number of carbonyl (C=O) groups is 2. The van der Waals surface area contributed by atoms with Gasteiger partial charge in [-0.15, -0.1) is 10.2 Å². The van der Waals surface area contributed by atoms with Crippen molar-refractivity contribution in [3.8, 4) is 0 Å². The molecule has 0 unspecified atom stereocenters. The number of amides is 2. The Hall–Kier alpha value is -3.76. The molecule has 1 saturated heterocycles. The van der Waals surface area contributed by atoms with Gasteiger partial charge in [0.2, 0.25) is 11.9 Å². The van der Waals surface area contributed by atoms with Crippen LogP contribution in [0.15, 0.2) is 24.4 Å². The van der Waals surface area contributed by atoms with Gasteiger partial charge in [-0.3, -0.25) is 9.59 Å². The highest BCUT2D eigenvalue weighted by atomic mass is 16.2. The third-order valence-corrected chi connectivity index (χ3v) is 8.65. The van der Waals surface area contributed by atoms with E-state index in [1.807, 2.05) is 12.3 Å². The number of anilines is 3. The van der Waals surface area contributed by atoms with E-state index in [0.29, 0.717) is 34.8 Å². The number of nitrogens with two attached hydrogens (primary N) is 1. The van der Waals surface area contributed by atoms with Crippen LogP contribution < -0.4 is 21.3 Å². The van der Waals surface area contributed by atoms with Crippen molar-refractivity contribution in [2.24, 2.45) is 16.6 Å². The lowest BCUT2D eigenvalue weighted by Crippen LogP contribution is -2.33. The molecule has 35 heavy (non-hydrogen) atoms. The average Bonchev–Trinajstić information content (AvgIpc) is 3.80. The molecule has 1 aliphatic heterocycles. The first-order chi connectivity index (χ1) is 16.9. The van der Waals surface area contributed by atoms with Gasteiger partial charge in [0, 0.05) is 20.1 Å². The van der Waals surface area contributed by atoms with E-state index in [1.165, 1.54) is 26.3 Å². The van der Waals surface area contributed by atoms with Crippen LogP contribution in [0.4, 0.5) is 17.3 Å². The zero-order valence-corrected chi connectivity index (χ0v) is 19.5. The Kier molecular flexibility index (Phi) is 3.93. The minimum atomic E-state index is -0.812. The molecule has 3 aliphatic carbocycles. The fraction of sp³-hybridized carbons (Fsp3) is 0.500. The number of hydrogen-bond acceptors (Lipinski definition) is 8. The topological polar surface area (TPSA) is 143 Å². The fourth-order valence-corrected chi connectivity index (χ4v) is 6.01. The lowest BCUT2D eigenvalue weighted by Gasteiger charge is -2.18. The molecule has 11 nitrogen and oxygen atoms in total. The third-order valence-electron chi connectivity index (χ3n) is 8.65. The van der Waals surface area contributed by atoms with Crippen LogP contribution in [0.1, 0.15) is 54.7 Å². The molecule has 11 heteroatoms. The summed E-state index contributed by atoms with van der Waals surface area (Å²) in [6.45, 7) is 2.16. The maximum absolute atomic E-state index is 12.5. The second kappa shape index (κ2) is 6.67. The van der Waals surface area contributed by atoms with Crippen molar-refractivity contribution in [2.45, 2.75) is 43.9 Å². The molecule has 4 heterocycles. The predicted octanol–water partition coefficient (Wildman–Crippen LogP) is 1.52. The minimum absolute atomic E-state index is 0.0916. The number of rotatable bonds is 6. The van der Waals surface area contributed by atoms with Crippen molar-refractivity contribution >= 4 is 34.8 Å². The Labute approximate surface area is 201 Å². The van der Waals surface area contributed by atoms with Crippen LogP contribution in [0.5, 0.6) is 0 Å². The standard InChI is InChI=1S/C24H27N9O2/c1-26-19(34)18-15(10-16(29-30-18)24(20(25)35)12-23(24)6-7-23)27-21-28-17-3-2-14(11-33(17)31-21)32-9-8-22(13-32)4-5-22/h2-3,10-11H,4-9,12-13H2,1H3,(H2,25,35)(H,26,34)(H,27,29,31)/t24-/m1/s1. The van der Waals surface area contributed by atoms with Gasteiger partial charge in [-0.05, 0) is 67.6 Å². The summed E-state index contributed by atoms with van der Waals surface area (Å²) in [7, 11) is 1.53. The summed E-state index contributed by atoms with van der Waals surface area (Å²) >= 11 is 0. The molecule has 7 rings (SSSR count). The molecular formula is C24H27N9O2. The van der Waals surface area contributed by atoms with Gasteiger partial charge in [0.05, 0.1) is 28.7 Å². The van der Waals surface area contributed by atoms with Gasteiger partial charge in [0.25, 0.3) is 5.91 Å². The highest BCUT2D eigenvalue weighted by Crippen LogP contribution is 2.78. The van der Waals surface area contributed by atoms with E-state index in [4.69, 9.17) is 5.73 Å². The molecule has 4 fully saturated rings. The average molecular weight is 474 g/mol. The van der Waals surface area contributed by atoms with Gasteiger partial charge in [-0.25, -0.2) is 4.52 Å². The SMILES string of the molecule is CNC(=O)c1nnc([C@@]2(C(N)=O)CC23CC3)cc1Nc1nc2ccc(N3CCC4(CC4)C3)cn2n1. The number of fused-ring (bicyclic) bond motifs is 1. The number of pyridine rings is 1.